The molecule has 0 unspecified atom stereocenters. The second kappa shape index (κ2) is 4.57. The summed E-state index contributed by atoms with van der Waals surface area (Å²) >= 11 is 0. The van der Waals surface area contributed by atoms with Crippen LogP contribution in [0.25, 0.3) is 0 Å². The molecule has 1 heterocycles. The minimum absolute atomic E-state index is 0.253. The minimum Gasteiger partial charge on any atom is -0.358 e. The summed E-state index contributed by atoms with van der Waals surface area (Å²) in [6.45, 7) is 7.99. The average molecular weight is 208 g/mol. The lowest BCUT2D eigenvalue weighted by molar-refractivity contribution is 0.417. The zero-order valence-corrected chi connectivity index (χ0v) is 9.99. The molecule has 0 amide bonds. The zero-order chi connectivity index (χ0) is 11.5. The van der Waals surface area contributed by atoms with Gasteiger partial charge >= 0.3 is 0 Å². The average Bonchev–Trinajstić information content (AvgIpc) is 2.15. The van der Waals surface area contributed by atoms with Crippen LogP contribution < -0.4 is 10.6 Å². The SMILES string of the molecule is CN(CC(C)(C)C)c1ccc(CN)nn1. The van der Waals surface area contributed by atoms with E-state index >= 15 is 0 Å². The molecule has 1 aromatic rings. The van der Waals surface area contributed by atoms with Crippen LogP contribution in [0.2, 0.25) is 0 Å². The van der Waals surface area contributed by atoms with Crippen molar-refractivity contribution < 1.29 is 0 Å². The third kappa shape index (κ3) is 3.83. The van der Waals surface area contributed by atoms with Gasteiger partial charge < -0.3 is 10.6 Å². The van der Waals surface area contributed by atoms with Crippen LogP contribution in [0.4, 0.5) is 5.82 Å². The van der Waals surface area contributed by atoms with E-state index in [1.54, 1.807) is 0 Å². The minimum atomic E-state index is 0.253. The van der Waals surface area contributed by atoms with Gasteiger partial charge in [0, 0.05) is 20.1 Å². The maximum Gasteiger partial charge on any atom is 0.151 e. The molecule has 1 rings (SSSR count). The van der Waals surface area contributed by atoms with E-state index in [9.17, 15) is 0 Å². The van der Waals surface area contributed by atoms with E-state index in [1.807, 2.05) is 19.2 Å². The van der Waals surface area contributed by atoms with Crippen LogP contribution >= 0.6 is 0 Å². The summed E-state index contributed by atoms with van der Waals surface area (Å²) < 4.78 is 0. The highest BCUT2D eigenvalue weighted by Crippen LogP contribution is 2.17. The van der Waals surface area contributed by atoms with Gasteiger partial charge in [0.25, 0.3) is 0 Å². The van der Waals surface area contributed by atoms with Gasteiger partial charge in [0.1, 0.15) is 0 Å². The lowest BCUT2D eigenvalue weighted by Crippen LogP contribution is -2.29. The fraction of sp³-hybridized carbons (Fsp3) is 0.636. The molecule has 0 saturated carbocycles. The van der Waals surface area contributed by atoms with Crippen molar-refractivity contribution in [2.24, 2.45) is 11.1 Å². The summed E-state index contributed by atoms with van der Waals surface area (Å²) in [5, 5.41) is 8.16. The first-order chi connectivity index (χ1) is 6.92. The lowest BCUT2D eigenvalue weighted by Gasteiger charge is -2.26. The Balaban J connectivity index is 2.70. The third-order valence-electron chi connectivity index (χ3n) is 2.02. The second-order valence-electron chi connectivity index (χ2n) is 5.00. The quantitative estimate of drug-likeness (QED) is 0.816. The molecule has 0 bridgehead atoms. The van der Waals surface area contributed by atoms with E-state index in [2.05, 4.69) is 35.9 Å². The monoisotopic (exact) mass is 208 g/mol. The van der Waals surface area contributed by atoms with Crippen molar-refractivity contribution in [3.63, 3.8) is 0 Å². The maximum absolute atomic E-state index is 5.46. The van der Waals surface area contributed by atoms with E-state index in [1.165, 1.54) is 0 Å². The summed E-state index contributed by atoms with van der Waals surface area (Å²) in [5.74, 6) is 0.891. The fourth-order valence-electron chi connectivity index (χ4n) is 1.46. The standard InChI is InChI=1S/C11H20N4/c1-11(2,3)8-15(4)10-6-5-9(7-12)13-14-10/h5-6H,7-8,12H2,1-4H3. The predicted octanol–water partition coefficient (Wildman–Crippen LogP) is 1.42. The van der Waals surface area contributed by atoms with E-state index in [4.69, 9.17) is 5.73 Å². The maximum atomic E-state index is 5.46. The van der Waals surface area contributed by atoms with Crippen molar-refractivity contribution in [1.82, 2.24) is 10.2 Å². The largest absolute Gasteiger partial charge is 0.358 e. The Labute approximate surface area is 91.5 Å². The van der Waals surface area contributed by atoms with Crippen LogP contribution in [0.15, 0.2) is 12.1 Å². The Kier molecular flexibility index (Phi) is 3.63. The smallest absolute Gasteiger partial charge is 0.151 e. The molecule has 4 nitrogen and oxygen atoms in total. The molecule has 2 N–H and O–H groups in total. The van der Waals surface area contributed by atoms with Gasteiger partial charge in [-0.15, -0.1) is 5.10 Å². The summed E-state index contributed by atoms with van der Waals surface area (Å²) in [7, 11) is 2.03. The summed E-state index contributed by atoms with van der Waals surface area (Å²) in [6, 6.07) is 3.88. The Morgan fingerprint density at radius 3 is 2.33 bits per heavy atom. The van der Waals surface area contributed by atoms with Crippen LogP contribution in [0.1, 0.15) is 26.5 Å². The Hall–Kier alpha value is -1.16. The molecule has 0 fully saturated rings. The number of aromatic nitrogens is 2. The molecule has 0 aliphatic heterocycles. The summed E-state index contributed by atoms with van der Waals surface area (Å²) in [6.07, 6.45) is 0. The van der Waals surface area contributed by atoms with Gasteiger partial charge in [-0.05, 0) is 17.5 Å². The molecule has 0 saturated heterocycles. The molecule has 0 spiro atoms. The molecular formula is C11H20N4. The summed E-state index contributed by atoms with van der Waals surface area (Å²) in [4.78, 5) is 2.10. The molecule has 15 heavy (non-hydrogen) atoms. The number of anilines is 1. The Morgan fingerprint density at radius 1 is 1.27 bits per heavy atom. The third-order valence-corrected chi connectivity index (χ3v) is 2.02. The van der Waals surface area contributed by atoms with Crippen LogP contribution in [-0.4, -0.2) is 23.8 Å². The van der Waals surface area contributed by atoms with Gasteiger partial charge in [-0.1, -0.05) is 20.8 Å². The highest BCUT2D eigenvalue weighted by atomic mass is 15.2. The van der Waals surface area contributed by atoms with Crippen molar-refractivity contribution >= 4 is 5.82 Å². The predicted molar refractivity (Wildman–Crippen MR) is 62.6 cm³/mol. The normalized spacial score (nSPS) is 11.5. The summed E-state index contributed by atoms with van der Waals surface area (Å²) in [5.41, 5.74) is 6.54. The first-order valence-electron chi connectivity index (χ1n) is 5.16. The van der Waals surface area contributed by atoms with Crippen molar-refractivity contribution in [2.75, 3.05) is 18.5 Å². The molecule has 0 radical (unpaired) electrons. The van der Waals surface area contributed by atoms with Crippen LogP contribution in [0.3, 0.4) is 0 Å². The molecule has 84 valence electrons. The highest BCUT2D eigenvalue weighted by molar-refractivity contribution is 5.36. The van der Waals surface area contributed by atoms with Crippen molar-refractivity contribution in [3.8, 4) is 0 Å². The van der Waals surface area contributed by atoms with Gasteiger partial charge in [-0.3, -0.25) is 0 Å². The van der Waals surface area contributed by atoms with Gasteiger partial charge in [0.2, 0.25) is 0 Å². The van der Waals surface area contributed by atoms with E-state index in [0.29, 0.717) is 6.54 Å². The molecule has 1 aromatic heterocycles. The molecular weight excluding hydrogens is 188 g/mol. The molecule has 0 aliphatic rings. The van der Waals surface area contributed by atoms with E-state index in [0.717, 1.165) is 18.1 Å². The molecule has 0 aromatic carbocycles. The molecule has 4 heteroatoms. The lowest BCUT2D eigenvalue weighted by atomic mass is 9.96. The Morgan fingerprint density at radius 2 is 1.93 bits per heavy atom. The van der Waals surface area contributed by atoms with Crippen LogP contribution in [0.5, 0.6) is 0 Å². The number of hydrogen-bond acceptors (Lipinski definition) is 4. The van der Waals surface area contributed by atoms with Crippen molar-refractivity contribution in [2.45, 2.75) is 27.3 Å². The number of hydrogen-bond donors (Lipinski definition) is 1. The Bertz CT molecular complexity index is 299. The number of nitrogens with two attached hydrogens (primary N) is 1. The molecule has 0 atom stereocenters. The van der Waals surface area contributed by atoms with Gasteiger partial charge in [-0.25, -0.2) is 0 Å². The van der Waals surface area contributed by atoms with E-state index in [-0.39, 0.29) is 5.41 Å². The fourth-order valence-corrected chi connectivity index (χ4v) is 1.46. The van der Waals surface area contributed by atoms with Gasteiger partial charge in [0.15, 0.2) is 5.82 Å². The van der Waals surface area contributed by atoms with Crippen molar-refractivity contribution in [3.05, 3.63) is 17.8 Å². The first kappa shape index (κ1) is 11.9. The zero-order valence-electron chi connectivity index (χ0n) is 9.99. The van der Waals surface area contributed by atoms with Crippen LogP contribution in [-0.2, 0) is 6.54 Å². The van der Waals surface area contributed by atoms with Gasteiger partial charge in [0.05, 0.1) is 5.69 Å². The van der Waals surface area contributed by atoms with Crippen LogP contribution in [0, 0.1) is 5.41 Å². The van der Waals surface area contributed by atoms with E-state index < -0.39 is 0 Å². The number of nitrogens with zero attached hydrogens (tertiary/aromatic N) is 3. The second-order valence-corrected chi connectivity index (χ2v) is 5.00. The number of rotatable bonds is 3. The van der Waals surface area contributed by atoms with Crippen molar-refractivity contribution in [1.29, 1.82) is 0 Å². The van der Waals surface area contributed by atoms with Gasteiger partial charge in [-0.2, -0.15) is 5.10 Å². The first-order valence-corrected chi connectivity index (χ1v) is 5.16. The highest BCUT2D eigenvalue weighted by Gasteiger charge is 2.14. The topological polar surface area (TPSA) is 55.0 Å². The molecule has 0 aliphatic carbocycles.